The maximum atomic E-state index is 12.3. The van der Waals surface area contributed by atoms with Gasteiger partial charge in [0.1, 0.15) is 6.54 Å². The fourth-order valence-corrected chi connectivity index (χ4v) is 3.76. The van der Waals surface area contributed by atoms with E-state index >= 15 is 0 Å². The molecule has 3 rings (SSSR count). The molecule has 8 heteroatoms. The van der Waals surface area contributed by atoms with Crippen molar-refractivity contribution in [2.45, 2.75) is 30.7 Å². The Labute approximate surface area is 128 Å². The Balaban J connectivity index is 1.75. The van der Waals surface area contributed by atoms with Crippen molar-refractivity contribution < 1.29 is 18.0 Å². The maximum Gasteiger partial charge on any atom is 0.270 e. The first-order valence-corrected chi connectivity index (χ1v) is 8.59. The fraction of sp³-hybridized carbons (Fsp3) is 0.429. The van der Waals surface area contributed by atoms with Crippen molar-refractivity contribution >= 4 is 21.8 Å². The third kappa shape index (κ3) is 2.84. The lowest BCUT2D eigenvalue weighted by Gasteiger charge is -2.28. The van der Waals surface area contributed by atoms with Crippen molar-refractivity contribution in [1.29, 1.82) is 0 Å². The van der Waals surface area contributed by atoms with Gasteiger partial charge in [0.25, 0.3) is 15.9 Å². The van der Waals surface area contributed by atoms with E-state index in [0.717, 1.165) is 17.9 Å². The van der Waals surface area contributed by atoms with Gasteiger partial charge in [-0.1, -0.05) is 12.1 Å². The van der Waals surface area contributed by atoms with Crippen LogP contribution in [-0.2, 0) is 14.8 Å². The minimum absolute atomic E-state index is 0.0382. The first-order chi connectivity index (χ1) is 10.4. The summed E-state index contributed by atoms with van der Waals surface area (Å²) in [6.45, 7) is 1.57. The van der Waals surface area contributed by atoms with Gasteiger partial charge >= 0.3 is 0 Å². The molecule has 118 valence electrons. The molecule has 1 aromatic carbocycles. The Morgan fingerprint density at radius 3 is 2.77 bits per heavy atom. The Bertz CT molecular complexity index is 727. The number of hydrazine groups is 1. The third-order valence-corrected chi connectivity index (χ3v) is 5.30. The second-order valence-electron chi connectivity index (χ2n) is 5.68. The molecule has 1 heterocycles. The first kappa shape index (κ1) is 15.0. The lowest BCUT2D eigenvalue weighted by atomic mass is 10.2. The first-order valence-electron chi connectivity index (χ1n) is 7.11. The highest BCUT2D eigenvalue weighted by atomic mass is 32.2. The van der Waals surface area contributed by atoms with Crippen LogP contribution in [0.4, 0.5) is 0 Å². The van der Waals surface area contributed by atoms with E-state index in [1.54, 1.807) is 12.1 Å². The SMILES string of the molecule is C[C@H](NC(=O)CN1NS(=O)(=O)c2ccccc2C1=O)C1CC1. The van der Waals surface area contributed by atoms with E-state index in [2.05, 4.69) is 10.1 Å². The van der Waals surface area contributed by atoms with Gasteiger partial charge in [-0.2, -0.15) is 0 Å². The number of rotatable bonds is 4. The average Bonchev–Trinajstić information content (AvgIpc) is 3.29. The summed E-state index contributed by atoms with van der Waals surface area (Å²) in [5, 5.41) is 3.63. The number of benzene rings is 1. The molecular formula is C14H17N3O4S. The van der Waals surface area contributed by atoms with Crippen LogP contribution in [0.3, 0.4) is 0 Å². The van der Waals surface area contributed by atoms with E-state index in [4.69, 9.17) is 0 Å². The topological polar surface area (TPSA) is 95.6 Å². The van der Waals surface area contributed by atoms with Crippen molar-refractivity contribution in [3.05, 3.63) is 29.8 Å². The van der Waals surface area contributed by atoms with E-state index in [0.29, 0.717) is 5.92 Å². The van der Waals surface area contributed by atoms with Gasteiger partial charge in [0.15, 0.2) is 0 Å². The molecule has 1 atom stereocenters. The lowest BCUT2D eigenvalue weighted by molar-refractivity contribution is -0.122. The van der Waals surface area contributed by atoms with Crippen LogP contribution in [0.25, 0.3) is 0 Å². The number of sulfonamides is 1. The highest BCUT2D eigenvalue weighted by molar-refractivity contribution is 7.89. The Hall–Kier alpha value is -1.93. The Morgan fingerprint density at radius 1 is 1.41 bits per heavy atom. The predicted octanol–water partition coefficient (Wildman–Crippen LogP) is 0.250. The number of carbonyl (C=O) groups is 2. The molecule has 0 aromatic heterocycles. The number of fused-ring (bicyclic) bond motifs is 1. The monoisotopic (exact) mass is 323 g/mol. The van der Waals surface area contributed by atoms with Crippen LogP contribution in [0.2, 0.25) is 0 Å². The molecule has 1 aliphatic carbocycles. The van der Waals surface area contributed by atoms with Crippen molar-refractivity contribution in [3.8, 4) is 0 Å². The van der Waals surface area contributed by atoms with E-state index < -0.39 is 15.9 Å². The fourth-order valence-electron chi connectivity index (χ4n) is 2.52. The Morgan fingerprint density at radius 2 is 2.09 bits per heavy atom. The number of nitrogens with zero attached hydrogens (tertiary/aromatic N) is 1. The second kappa shape index (κ2) is 5.36. The van der Waals surface area contributed by atoms with Gasteiger partial charge in [-0.05, 0) is 37.8 Å². The van der Waals surface area contributed by atoms with Gasteiger partial charge in [0.05, 0.1) is 10.5 Å². The largest absolute Gasteiger partial charge is 0.352 e. The standard InChI is InChI=1S/C14H17N3O4S/c1-9(10-6-7-10)15-13(18)8-17-14(19)11-4-2-3-5-12(11)22(20,21)16-17/h2-5,9-10,16H,6-8H2,1H3,(H,15,18)/t9-/m0/s1. The molecule has 0 saturated heterocycles. The molecule has 1 saturated carbocycles. The number of hydrogen-bond acceptors (Lipinski definition) is 4. The lowest BCUT2D eigenvalue weighted by Crippen LogP contribution is -2.54. The van der Waals surface area contributed by atoms with Gasteiger partial charge in [-0.25, -0.2) is 8.42 Å². The summed E-state index contributed by atoms with van der Waals surface area (Å²) in [5.74, 6) is -0.423. The molecule has 1 aromatic rings. The van der Waals surface area contributed by atoms with Crippen LogP contribution in [0.1, 0.15) is 30.1 Å². The quantitative estimate of drug-likeness (QED) is 0.830. The Kier molecular flexibility index (Phi) is 3.65. The van der Waals surface area contributed by atoms with E-state index in [-0.39, 0.29) is 29.0 Å². The summed E-state index contributed by atoms with van der Waals surface area (Å²) >= 11 is 0. The van der Waals surface area contributed by atoms with Crippen molar-refractivity contribution in [2.75, 3.05) is 6.54 Å². The molecule has 1 fully saturated rings. The zero-order chi connectivity index (χ0) is 15.9. The molecule has 22 heavy (non-hydrogen) atoms. The van der Waals surface area contributed by atoms with E-state index in [1.807, 2.05) is 6.92 Å². The van der Waals surface area contributed by atoms with Gasteiger partial charge in [0, 0.05) is 6.04 Å². The van der Waals surface area contributed by atoms with Gasteiger partial charge in [-0.15, -0.1) is 4.83 Å². The molecule has 2 N–H and O–H groups in total. The summed E-state index contributed by atoms with van der Waals surface area (Å²) < 4.78 is 24.2. The average molecular weight is 323 g/mol. The minimum atomic E-state index is -3.83. The normalized spacial score (nSPS) is 21.1. The van der Waals surface area contributed by atoms with E-state index in [1.165, 1.54) is 12.1 Å². The minimum Gasteiger partial charge on any atom is -0.352 e. The number of nitrogens with one attached hydrogen (secondary N) is 2. The molecule has 2 amide bonds. The van der Waals surface area contributed by atoms with Crippen LogP contribution in [0, 0.1) is 5.92 Å². The molecule has 2 aliphatic rings. The van der Waals surface area contributed by atoms with Crippen molar-refractivity contribution in [1.82, 2.24) is 15.2 Å². The van der Waals surface area contributed by atoms with Crippen LogP contribution in [0.5, 0.6) is 0 Å². The smallest absolute Gasteiger partial charge is 0.270 e. The maximum absolute atomic E-state index is 12.3. The zero-order valence-corrected chi connectivity index (χ0v) is 12.9. The van der Waals surface area contributed by atoms with Crippen LogP contribution < -0.4 is 10.1 Å². The molecular weight excluding hydrogens is 306 g/mol. The van der Waals surface area contributed by atoms with Gasteiger partial charge in [-0.3, -0.25) is 14.6 Å². The molecule has 1 aliphatic heterocycles. The predicted molar refractivity (Wildman–Crippen MR) is 78.1 cm³/mol. The molecule has 0 unspecified atom stereocenters. The summed E-state index contributed by atoms with van der Waals surface area (Å²) in [5.41, 5.74) is 0.0734. The van der Waals surface area contributed by atoms with Crippen LogP contribution in [0.15, 0.2) is 29.2 Å². The summed E-state index contributed by atoms with van der Waals surface area (Å²) in [4.78, 5) is 26.3. The number of hydrogen-bond donors (Lipinski definition) is 2. The highest BCUT2D eigenvalue weighted by Gasteiger charge is 2.35. The molecule has 0 spiro atoms. The van der Waals surface area contributed by atoms with Gasteiger partial charge < -0.3 is 5.32 Å². The molecule has 0 radical (unpaired) electrons. The summed E-state index contributed by atoms with van der Waals surface area (Å²) in [6.07, 6.45) is 2.17. The molecule has 0 bridgehead atoms. The van der Waals surface area contributed by atoms with Crippen LogP contribution in [-0.4, -0.2) is 37.8 Å². The van der Waals surface area contributed by atoms with Crippen molar-refractivity contribution in [2.24, 2.45) is 5.92 Å². The number of amides is 2. The summed E-state index contributed by atoms with van der Waals surface area (Å²) in [7, 11) is -3.83. The number of carbonyl (C=O) groups excluding carboxylic acids is 2. The van der Waals surface area contributed by atoms with Gasteiger partial charge in [0.2, 0.25) is 5.91 Å². The van der Waals surface area contributed by atoms with Crippen LogP contribution >= 0.6 is 0 Å². The zero-order valence-electron chi connectivity index (χ0n) is 12.1. The third-order valence-electron chi connectivity index (χ3n) is 3.90. The summed E-state index contributed by atoms with van der Waals surface area (Å²) in [6, 6.07) is 5.97. The second-order valence-corrected chi connectivity index (χ2v) is 7.31. The molecule has 7 nitrogen and oxygen atoms in total. The highest BCUT2D eigenvalue weighted by Crippen LogP contribution is 2.32. The van der Waals surface area contributed by atoms with E-state index in [9.17, 15) is 18.0 Å². The van der Waals surface area contributed by atoms with Crippen molar-refractivity contribution in [3.63, 3.8) is 0 Å².